The number of carbonyl (C=O) groups excluding carboxylic acids is 1. The van der Waals surface area contributed by atoms with Crippen LogP contribution in [0.3, 0.4) is 0 Å². The van der Waals surface area contributed by atoms with Gasteiger partial charge in [-0.05, 0) is 38.1 Å². The molecule has 0 fully saturated rings. The SMILES string of the molecule is CC(=O)NC(C)(C)/C(N)=N/OCc1cn(-c2ccccc2)nc1-c1ccc(Cl)cc1. The van der Waals surface area contributed by atoms with Gasteiger partial charge in [0.15, 0.2) is 5.84 Å². The number of carbonyl (C=O) groups is 1. The number of aromatic nitrogens is 2. The van der Waals surface area contributed by atoms with E-state index < -0.39 is 5.54 Å². The Bertz CT molecular complexity index is 1040. The van der Waals surface area contributed by atoms with Crippen LogP contribution in [0.4, 0.5) is 0 Å². The van der Waals surface area contributed by atoms with Crippen molar-refractivity contribution >= 4 is 23.3 Å². The number of hydrogen-bond acceptors (Lipinski definition) is 4. The molecular weight excluding hydrogens is 402 g/mol. The van der Waals surface area contributed by atoms with Crippen molar-refractivity contribution in [3.63, 3.8) is 0 Å². The first-order chi connectivity index (χ1) is 14.3. The van der Waals surface area contributed by atoms with Crippen LogP contribution in [-0.2, 0) is 16.2 Å². The topological polar surface area (TPSA) is 94.5 Å². The Hall–Kier alpha value is -3.32. The van der Waals surface area contributed by atoms with E-state index in [1.54, 1.807) is 18.5 Å². The molecule has 0 aliphatic rings. The van der Waals surface area contributed by atoms with Crippen LogP contribution >= 0.6 is 11.6 Å². The number of benzene rings is 2. The van der Waals surface area contributed by atoms with Crippen molar-refractivity contribution in [1.82, 2.24) is 15.1 Å². The summed E-state index contributed by atoms with van der Waals surface area (Å²) >= 11 is 6.03. The van der Waals surface area contributed by atoms with Gasteiger partial charge in [0.25, 0.3) is 0 Å². The summed E-state index contributed by atoms with van der Waals surface area (Å²) in [5.74, 6) is -0.0338. The molecule has 3 rings (SSSR count). The van der Waals surface area contributed by atoms with Gasteiger partial charge in [-0.2, -0.15) is 5.10 Å². The van der Waals surface area contributed by atoms with Crippen molar-refractivity contribution in [3.8, 4) is 16.9 Å². The molecule has 0 unspecified atom stereocenters. The highest BCUT2D eigenvalue weighted by Crippen LogP contribution is 2.26. The zero-order chi connectivity index (χ0) is 21.7. The molecule has 1 amide bonds. The lowest BCUT2D eigenvalue weighted by Crippen LogP contribution is -2.52. The number of nitrogens with one attached hydrogen (secondary N) is 1. The normalized spacial score (nSPS) is 11.9. The Kier molecular flexibility index (Phi) is 6.42. The van der Waals surface area contributed by atoms with E-state index in [9.17, 15) is 4.79 Å². The van der Waals surface area contributed by atoms with Gasteiger partial charge >= 0.3 is 0 Å². The molecular formula is C22H24ClN5O2. The van der Waals surface area contributed by atoms with Gasteiger partial charge < -0.3 is 15.9 Å². The van der Waals surface area contributed by atoms with Crippen LogP contribution in [0.2, 0.25) is 5.02 Å². The van der Waals surface area contributed by atoms with E-state index >= 15 is 0 Å². The zero-order valence-corrected chi connectivity index (χ0v) is 17.8. The minimum Gasteiger partial charge on any atom is -0.389 e. The van der Waals surface area contributed by atoms with E-state index in [0.717, 1.165) is 22.5 Å². The standard InChI is InChI=1S/C22H24ClN5O2/c1-15(29)25-22(2,3)21(24)27-30-14-17-13-28(19-7-5-4-6-8-19)26-20(17)16-9-11-18(23)12-10-16/h4-13H,14H2,1-3H3,(H2,24,27)(H,25,29). The Labute approximate surface area is 180 Å². The molecule has 2 aromatic carbocycles. The third-order valence-electron chi connectivity index (χ3n) is 4.44. The van der Waals surface area contributed by atoms with E-state index in [1.807, 2.05) is 60.8 Å². The highest BCUT2D eigenvalue weighted by molar-refractivity contribution is 6.30. The number of oxime groups is 1. The van der Waals surface area contributed by atoms with E-state index in [-0.39, 0.29) is 18.3 Å². The van der Waals surface area contributed by atoms with Gasteiger partial charge in [0, 0.05) is 29.3 Å². The van der Waals surface area contributed by atoms with Crippen LogP contribution < -0.4 is 11.1 Å². The minimum absolute atomic E-state index is 0.154. The second-order valence-electron chi connectivity index (χ2n) is 7.35. The smallest absolute Gasteiger partial charge is 0.217 e. The molecule has 0 aliphatic carbocycles. The van der Waals surface area contributed by atoms with E-state index in [1.165, 1.54) is 6.92 Å². The summed E-state index contributed by atoms with van der Waals surface area (Å²) < 4.78 is 1.79. The van der Waals surface area contributed by atoms with E-state index in [4.69, 9.17) is 27.3 Å². The molecule has 0 radical (unpaired) electrons. The third-order valence-corrected chi connectivity index (χ3v) is 4.69. The lowest BCUT2D eigenvalue weighted by Gasteiger charge is -2.24. The number of nitrogens with two attached hydrogens (primary N) is 1. The first kappa shape index (κ1) is 21.4. The van der Waals surface area contributed by atoms with Crippen LogP contribution in [0, 0.1) is 0 Å². The summed E-state index contributed by atoms with van der Waals surface area (Å²) in [6.45, 7) is 5.08. The van der Waals surface area contributed by atoms with Gasteiger partial charge in [-0.3, -0.25) is 4.79 Å². The molecule has 0 bridgehead atoms. The second kappa shape index (κ2) is 9.00. The molecule has 0 aliphatic heterocycles. The third kappa shape index (κ3) is 5.18. The van der Waals surface area contributed by atoms with Crippen molar-refractivity contribution in [2.45, 2.75) is 32.9 Å². The van der Waals surface area contributed by atoms with Crippen molar-refractivity contribution in [2.24, 2.45) is 10.9 Å². The Morgan fingerprint density at radius 1 is 1.20 bits per heavy atom. The summed E-state index contributed by atoms with van der Waals surface area (Å²) in [4.78, 5) is 16.9. The zero-order valence-electron chi connectivity index (χ0n) is 17.1. The van der Waals surface area contributed by atoms with Gasteiger partial charge in [0.1, 0.15) is 6.61 Å². The molecule has 0 saturated carbocycles. The van der Waals surface area contributed by atoms with Crippen LogP contribution in [0.5, 0.6) is 0 Å². The molecule has 30 heavy (non-hydrogen) atoms. The quantitative estimate of drug-likeness (QED) is 0.341. The van der Waals surface area contributed by atoms with Gasteiger partial charge in [0.2, 0.25) is 5.91 Å². The summed E-state index contributed by atoms with van der Waals surface area (Å²) in [6, 6.07) is 17.2. The molecule has 156 valence electrons. The molecule has 0 spiro atoms. The number of hydrogen-bond donors (Lipinski definition) is 2. The molecule has 3 aromatic rings. The molecule has 1 heterocycles. The molecule has 8 heteroatoms. The molecule has 1 aromatic heterocycles. The fourth-order valence-electron chi connectivity index (χ4n) is 2.87. The largest absolute Gasteiger partial charge is 0.389 e. The Balaban J connectivity index is 1.87. The van der Waals surface area contributed by atoms with Gasteiger partial charge in [-0.1, -0.05) is 47.1 Å². The van der Waals surface area contributed by atoms with E-state index in [0.29, 0.717) is 5.02 Å². The lowest BCUT2D eigenvalue weighted by molar-refractivity contribution is -0.119. The minimum atomic E-state index is -0.820. The first-order valence-corrected chi connectivity index (χ1v) is 9.78. The van der Waals surface area contributed by atoms with Crippen molar-refractivity contribution in [3.05, 3.63) is 71.4 Å². The Morgan fingerprint density at radius 3 is 2.50 bits per heavy atom. The highest BCUT2D eigenvalue weighted by atomic mass is 35.5. The maximum atomic E-state index is 11.3. The Morgan fingerprint density at radius 2 is 1.87 bits per heavy atom. The monoisotopic (exact) mass is 425 g/mol. The summed E-state index contributed by atoms with van der Waals surface area (Å²) in [7, 11) is 0. The lowest BCUT2D eigenvalue weighted by atomic mass is 10.0. The molecule has 0 saturated heterocycles. The maximum absolute atomic E-state index is 11.3. The highest BCUT2D eigenvalue weighted by Gasteiger charge is 2.24. The fourth-order valence-corrected chi connectivity index (χ4v) is 2.99. The summed E-state index contributed by atoms with van der Waals surface area (Å²) in [5.41, 5.74) is 8.59. The molecule has 7 nitrogen and oxygen atoms in total. The van der Waals surface area contributed by atoms with Crippen molar-refractivity contribution < 1.29 is 9.63 Å². The molecule has 0 atom stereocenters. The van der Waals surface area contributed by atoms with Gasteiger partial charge in [0.05, 0.1) is 16.9 Å². The average molecular weight is 426 g/mol. The van der Waals surface area contributed by atoms with Crippen molar-refractivity contribution in [2.75, 3.05) is 0 Å². The summed E-state index contributed by atoms with van der Waals surface area (Å²) in [6.07, 6.45) is 1.89. The number of halogens is 1. The predicted molar refractivity (Wildman–Crippen MR) is 118 cm³/mol. The number of amidine groups is 1. The number of rotatable bonds is 7. The first-order valence-electron chi connectivity index (χ1n) is 9.41. The maximum Gasteiger partial charge on any atom is 0.217 e. The molecule has 3 N–H and O–H groups in total. The van der Waals surface area contributed by atoms with Gasteiger partial charge in [-0.25, -0.2) is 4.68 Å². The van der Waals surface area contributed by atoms with Crippen LogP contribution in [-0.4, -0.2) is 27.1 Å². The van der Waals surface area contributed by atoms with Gasteiger partial charge in [-0.15, -0.1) is 0 Å². The predicted octanol–water partition coefficient (Wildman–Crippen LogP) is 3.90. The van der Waals surface area contributed by atoms with E-state index in [2.05, 4.69) is 10.5 Å². The number of para-hydroxylation sites is 1. The number of amides is 1. The number of nitrogens with zero attached hydrogens (tertiary/aromatic N) is 3. The van der Waals surface area contributed by atoms with Crippen molar-refractivity contribution in [1.29, 1.82) is 0 Å². The van der Waals surface area contributed by atoms with Crippen LogP contribution in [0.15, 0.2) is 65.9 Å². The average Bonchev–Trinajstić information content (AvgIpc) is 3.12. The summed E-state index contributed by atoms with van der Waals surface area (Å²) in [5, 5.41) is 12.1. The van der Waals surface area contributed by atoms with Crippen LogP contribution in [0.25, 0.3) is 16.9 Å². The fraction of sp³-hybridized carbons (Fsp3) is 0.227. The second-order valence-corrected chi connectivity index (χ2v) is 7.78. The van der Waals surface area contributed by atoms with Crippen LogP contribution in [0.1, 0.15) is 26.3 Å².